The van der Waals surface area contributed by atoms with Gasteiger partial charge < -0.3 is 14.8 Å². The molecular formula is C18H24N2O7. The summed E-state index contributed by atoms with van der Waals surface area (Å²) < 4.78 is 10.0. The van der Waals surface area contributed by atoms with E-state index in [-0.39, 0.29) is 43.9 Å². The summed E-state index contributed by atoms with van der Waals surface area (Å²) in [5.41, 5.74) is -1.79. The molecule has 1 aromatic rings. The van der Waals surface area contributed by atoms with Crippen molar-refractivity contribution in [2.45, 2.75) is 40.0 Å². The smallest absolute Gasteiger partial charge is 0.323 e. The topological polar surface area (TPSA) is 125 Å². The summed E-state index contributed by atoms with van der Waals surface area (Å²) in [6.45, 7) is 5.04. The molecule has 1 aromatic carbocycles. The number of hydrogen-bond donors (Lipinski definition) is 1. The van der Waals surface area contributed by atoms with Crippen molar-refractivity contribution in [1.29, 1.82) is 0 Å². The standard InChI is InChI=1S/C18H24N2O7/c1-4-18(16(22)26-5-2,17(23)27-6-3)12-11-15(21)19-13-9-7-8-10-14(13)20(24)25/h7-10H,4-6,11-12H2,1-3H3,(H,19,21). The quantitative estimate of drug-likeness (QED) is 0.286. The first-order valence-corrected chi connectivity index (χ1v) is 8.70. The van der Waals surface area contributed by atoms with E-state index in [2.05, 4.69) is 5.32 Å². The van der Waals surface area contributed by atoms with Crippen LogP contribution in [0.25, 0.3) is 0 Å². The average Bonchev–Trinajstić information content (AvgIpc) is 2.63. The van der Waals surface area contributed by atoms with Gasteiger partial charge >= 0.3 is 11.9 Å². The largest absolute Gasteiger partial charge is 0.465 e. The Bertz CT molecular complexity index is 685. The number of para-hydroxylation sites is 2. The molecule has 0 heterocycles. The number of anilines is 1. The Hall–Kier alpha value is -2.97. The molecule has 9 heteroatoms. The lowest BCUT2D eigenvalue weighted by atomic mass is 9.80. The lowest BCUT2D eigenvalue weighted by Crippen LogP contribution is -2.42. The van der Waals surface area contributed by atoms with Crippen LogP contribution in [0.5, 0.6) is 0 Å². The summed E-state index contributed by atoms with van der Waals surface area (Å²) in [6.07, 6.45) is -0.241. The molecule has 0 bridgehead atoms. The van der Waals surface area contributed by atoms with E-state index < -0.39 is 28.2 Å². The van der Waals surface area contributed by atoms with Crippen LogP contribution in [0.2, 0.25) is 0 Å². The molecule has 0 aromatic heterocycles. The van der Waals surface area contributed by atoms with Crippen LogP contribution in [0, 0.1) is 15.5 Å². The van der Waals surface area contributed by atoms with Crippen LogP contribution in [0.15, 0.2) is 24.3 Å². The number of nitrogens with zero attached hydrogens (tertiary/aromatic N) is 1. The first-order valence-electron chi connectivity index (χ1n) is 8.70. The molecule has 0 saturated heterocycles. The number of carbonyl (C=O) groups excluding carboxylic acids is 3. The summed E-state index contributed by atoms with van der Waals surface area (Å²) in [7, 11) is 0. The van der Waals surface area contributed by atoms with E-state index in [4.69, 9.17) is 9.47 Å². The monoisotopic (exact) mass is 380 g/mol. The number of nitro groups is 1. The van der Waals surface area contributed by atoms with E-state index in [1.165, 1.54) is 18.2 Å². The Morgan fingerprint density at radius 3 is 2.11 bits per heavy atom. The van der Waals surface area contributed by atoms with Crippen LogP contribution >= 0.6 is 0 Å². The molecular weight excluding hydrogens is 356 g/mol. The van der Waals surface area contributed by atoms with E-state index in [1.807, 2.05) is 0 Å². The maximum absolute atomic E-state index is 12.4. The van der Waals surface area contributed by atoms with Crippen LogP contribution in [-0.4, -0.2) is 36.0 Å². The maximum Gasteiger partial charge on any atom is 0.323 e. The van der Waals surface area contributed by atoms with Gasteiger partial charge in [0, 0.05) is 12.5 Å². The van der Waals surface area contributed by atoms with Crippen molar-refractivity contribution in [2.24, 2.45) is 5.41 Å². The Kier molecular flexibility index (Phi) is 8.37. The van der Waals surface area contributed by atoms with Gasteiger partial charge in [0.1, 0.15) is 5.69 Å². The van der Waals surface area contributed by atoms with Crippen molar-refractivity contribution >= 4 is 29.2 Å². The molecule has 0 aliphatic rings. The number of benzene rings is 1. The fourth-order valence-electron chi connectivity index (χ4n) is 2.57. The van der Waals surface area contributed by atoms with Crippen molar-refractivity contribution in [2.75, 3.05) is 18.5 Å². The number of nitrogens with one attached hydrogen (secondary N) is 1. The Morgan fingerprint density at radius 1 is 1.07 bits per heavy atom. The maximum atomic E-state index is 12.4. The van der Waals surface area contributed by atoms with Gasteiger partial charge in [-0.1, -0.05) is 19.1 Å². The van der Waals surface area contributed by atoms with Crippen LogP contribution < -0.4 is 5.32 Å². The number of hydrogen-bond acceptors (Lipinski definition) is 7. The van der Waals surface area contributed by atoms with Crippen molar-refractivity contribution in [1.82, 2.24) is 0 Å². The first-order chi connectivity index (χ1) is 12.8. The molecule has 148 valence electrons. The van der Waals surface area contributed by atoms with E-state index in [0.29, 0.717) is 0 Å². The Labute approximate surface area is 157 Å². The number of esters is 2. The number of rotatable bonds is 10. The zero-order valence-electron chi connectivity index (χ0n) is 15.6. The third kappa shape index (κ3) is 5.50. The molecule has 1 rings (SSSR count). The van der Waals surface area contributed by atoms with Gasteiger partial charge in [0.25, 0.3) is 5.69 Å². The number of nitro benzene ring substituents is 1. The van der Waals surface area contributed by atoms with E-state index in [1.54, 1.807) is 26.8 Å². The number of amides is 1. The third-order valence-electron chi connectivity index (χ3n) is 4.09. The molecule has 0 spiro atoms. The minimum absolute atomic E-state index is 0.0434. The van der Waals surface area contributed by atoms with Gasteiger partial charge in [0.15, 0.2) is 5.41 Å². The molecule has 9 nitrogen and oxygen atoms in total. The van der Waals surface area contributed by atoms with Gasteiger partial charge in [-0.25, -0.2) is 0 Å². The van der Waals surface area contributed by atoms with E-state index >= 15 is 0 Å². The normalized spacial score (nSPS) is 10.8. The second kappa shape index (κ2) is 10.2. The number of ether oxygens (including phenoxy) is 2. The first kappa shape index (κ1) is 22.1. The van der Waals surface area contributed by atoms with E-state index in [0.717, 1.165) is 0 Å². The highest BCUT2D eigenvalue weighted by Crippen LogP contribution is 2.32. The van der Waals surface area contributed by atoms with Gasteiger partial charge in [-0.15, -0.1) is 0 Å². The van der Waals surface area contributed by atoms with Crippen molar-refractivity contribution in [3.8, 4) is 0 Å². The van der Waals surface area contributed by atoms with Crippen LogP contribution in [0.1, 0.15) is 40.0 Å². The van der Waals surface area contributed by atoms with Crippen LogP contribution in [0.4, 0.5) is 11.4 Å². The zero-order valence-corrected chi connectivity index (χ0v) is 15.6. The summed E-state index contributed by atoms with van der Waals surface area (Å²) in [5, 5.41) is 13.5. The highest BCUT2D eigenvalue weighted by molar-refractivity contribution is 6.01. The molecule has 27 heavy (non-hydrogen) atoms. The lowest BCUT2D eigenvalue weighted by molar-refractivity contribution is -0.383. The predicted molar refractivity (Wildman–Crippen MR) is 97.0 cm³/mol. The molecule has 1 amide bonds. The van der Waals surface area contributed by atoms with Crippen LogP contribution in [-0.2, 0) is 23.9 Å². The molecule has 0 saturated carbocycles. The van der Waals surface area contributed by atoms with Gasteiger partial charge in [0.05, 0.1) is 18.1 Å². The lowest BCUT2D eigenvalue weighted by Gasteiger charge is -2.27. The molecule has 0 unspecified atom stereocenters. The predicted octanol–water partition coefficient (Wildman–Crippen LogP) is 2.84. The zero-order chi connectivity index (χ0) is 20.4. The SMILES string of the molecule is CCOC(=O)C(CC)(CCC(=O)Nc1ccccc1[N+](=O)[O-])C(=O)OCC. The minimum Gasteiger partial charge on any atom is -0.465 e. The van der Waals surface area contributed by atoms with Crippen molar-refractivity contribution in [3.05, 3.63) is 34.4 Å². The summed E-state index contributed by atoms with van der Waals surface area (Å²) >= 11 is 0. The minimum atomic E-state index is -1.59. The molecule has 0 aliphatic heterocycles. The second-order valence-electron chi connectivity index (χ2n) is 5.70. The Balaban J connectivity index is 2.94. The Morgan fingerprint density at radius 2 is 1.63 bits per heavy atom. The second-order valence-corrected chi connectivity index (χ2v) is 5.70. The molecule has 0 atom stereocenters. The van der Waals surface area contributed by atoms with Gasteiger partial charge in [-0.3, -0.25) is 24.5 Å². The highest BCUT2D eigenvalue weighted by atomic mass is 16.6. The summed E-state index contributed by atoms with van der Waals surface area (Å²) in [4.78, 5) is 47.5. The van der Waals surface area contributed by atoms with Gasteiger partial charge in [-0.05, 0) is 32.8 Å². The fourth-order valence-corrected chi connectivity index (χ4v) is 2.57. The molecule has 0 radical (unpaired) electrons. The fraction of sp³-hybridized carbons (Fsp3) is 0.500. The van der Waals surface area contributed by atoms with Crippen LogP contribution in [0.3, 0.4) is 0 Å². The molecule has 0 aliphatic carbocycles. The van der Waals surface area contributed by atoms with E-state index in [9.17, 15) is 24.5 Å². The molecule has 0 fully saturated rings. The summed E-state index contributed by atoms with van der Waals surface area (Å²) in [5.74, 6) is -2.05. The average molecular weight is 380 g/mol. The molecule has 1 N–H and O–H groups in total. The van der Waals surface area contributed by atoms with Gasteiger partial charge in [-0.2, -0.15) is 0 Å². The highest BCUT2D eigenvalue weighted by Gasteiger charge is 2.47. The third-order valence-corrected chi connectivity index (χ3v) is 4.09. The van der Waals surface area contributed by atoms with Gasteiger partial charge in [0.2, 0.25) is 5.91 Å². The van der Waals surface area contributed by atoms with Crippen molar-refractivity contribution < 1.29 is 28.8 Å². The summed E-state index contributed by atoms with van der Waals surface area (Å²) in [6, 6.07) is 5.70. The number of carbonyl (C=O) groups is 3. The van der Waals surface area contributed by atoms with Crippen molar-refractivity contribution in [3.63, 3.8) is 0 Å².